The molecule has 0 radical (unpaired) electrons. The summed E-state index contributed by atoms with van der Waals surface area (Å²) in [7, 11) is 3.09. The molecule has 1 N–H and O–H groups in total. The van der Waals surface area contributed by atoms with E-state index in [1.54, 1.807) is 32.4 Å². The van der Waals surface area contributed by atoms with Crippen molar-refractivity contribution in [3.63, 3.8) is 0 Å². The molecule has 0 saturated heterocycles. The van der Waals surface area contributed by atoms with Crippen LogP contribution in [0.25, 0.3) is 10.9 Å². The lowest BCUT2D eigenvalue weighted by Crippen LogP contribution is -2.14. The number of pyridine rings is 1. The number of hydrogen-bond donors (Lipinski definition) is 1. The minimum Gasteiger partial charge on any atom is -0.493 e. The summed E-state index contributed by atoms with van der Waals surface area (Å²) in [6, 6.07) is 7.37. The second-order valence-corrected chi connectivity index (χ2v) is 7.57. The monoisotopic (exact) mass is 415 g/mol. The van der Waals surface area contributed by atoms with Crippen LogP contribution in [0.4, 0.5) is 5.13 Å². The zero-order valence-corrected chi connectivity index (χ0v) is 17.1. The Morgan fingerprint density at radius 2 is 2.00 bits per heavy atom. The minimum absolute atomic E-state index is 0.0987. The van der Waals surface area contributed by atoms with Gasteiger partial charge in [-0.3, -0.25) is 10.1 Å². The first-order valence-corrected chi connectivity index (χ1v) is 10.1. The van der Waals surface area contributed by atoms with Crippen molar-refractivity contribution in [1.82, 2.24) is 15.2 Å². The van der Waals surface area contributed by atoms with Gasteiger partial charge in [0.15, 0.2) is 11.5 Å². The standard InChI is InChI=1S/C18H17N5O3S2/c1-4-16-22-23-18(28-16)21-15(24)9-27-17-11(8-19)5-10-6-13(25-2)14(26-3)7-12(10)20-17/h5-7H,4,9H2,1-3H3,(H,21,23,24). The molecule has 0 fully saturated rings. The quantitative estimate of drug-likeness (QED) is 0.586. The first-order valence-electron chi connectivity index (χ1n) is 8.29. The van der Waals surface area contributed by atoms with E-state index in [1.807, 2.05) is 6.92 Å². The highest BCUT2D eigenvalue weighted by Crippen LogP contribution is 2.33. The van der Waals surface area contributed by atoms with E-state index in [-0.39, 0.29) is 11.7 Å². The average molecular weight is 416 g/mol. The van der Waals surface area contributed by atoms with Gasteiger partial charge >= 0.3 is 0 Å². The summed E-state index contributed by atoms with van der Waals surface area (Å²) < 4.78 is 10.6. The normalized spacial score (nSPS) is 10.5. The largest absolute Gasteiger partial charge is 0.493 e. The molecule has 0 aliphatic carbocycles. The Morgan fingerprint density at radius 3 is 2.64 bits per heavy atom. The van der Waals surface area contributed by atoms with Crippen LogP contribution in [0.5, 0.6) is 11.5 Å². The van der Waals surface area contributed by atoms with Crippen molar-refractivity contribution < 1.29 is 14.3 Å². The summed E-state index contributed by atoms with van der Waals surface area (Å²) in [5.41, 5.74) is 1.04. The van der Waals surface area contributed by atoms with Gasteiger partial charge in [0.1, 0.15) is 16.1 Å². The molecule has 28 heavy (non-hydrogen) atoms. The Balaban J connectivity index is 1.79. The molecule has 3 rings (SSSR count). The van der Waals surface area contributed by atoms with Crippen LogP contribution in [-0.2, 0) is 11.2 Å². The zero-order chi connectivity index (χ0) is 20.1. The number of aryl methyl sites for hydroxylation is 1. The van der Waals surface area contributed by atoms with E-state index < -0.39 is 0 Å². The van der Waals surface area contributed by atoms with Gasteiger partial charge in [0.2, 0.25) is 11.0 Å². The average Bonchev–Trinajstić information content (AvgIpc) is 3.17. The number of hydrogen-bond acceptors (Lipinski definition) is 9. The summed E-state index contributed by atoms with van der Waals surface area (Å²) in [4.78, 5) is 16.7. The van der Waals surface area contributed by atoms with Gasteiger partial charge in [-0.25, -0.2) is 4.98 Å². The van der Waals surface area contributed by atoms with Crippen LogP contribution in [0.1, 0.15) is 17.5 Å². The Kier molecular flexibility index (Phi) is 6.28. The summed E-state index contributed by atoms with van der Waals surface area (Å²) in [6.07, 6.45) is 0.767. The molecule has 0 bridgehead atoms. The fraction of sp³-hybridized carbons (Fsp3) is 0.278. The number of anilines is 1. The van der Waals surface area contributed by atoms with E-state index in [9.17, 15) is 10.1 Å². The molecule has 0 aliphatic rings. The van der Waals surface area contributed by atoms with Crippen molar-refractivity contribution in [2.75, 3.05) is 25.3 Å². The van der Waals surface area contributed by atoms with Crippen LogP contribution in [0.2, 0.25) is 0 Å². The number of aromatic nitrogens is 3. The van der Waals surface area contributed by atoms with E-state index in [0.29, 0.717) is 32.7 Å². The number of carbonyl (C=O) groups is 1. The third-order valence-corrected chi connectivity index (χ3v) is 5.74. The highest BCUT2D eigenvalue weighted by Gasteiger charge is 2.14. The van der Waals surface area contributed by atoms with Crippen LogP contribution in [0, 0.1) is 11.3 Å². The molecule has 8 nitrogen and oxygen atoms in total. The van der Waals surface area contributed by atoms with Gasteiger partial charge < -0.3 is 9.47 Å². The third kappa shape index (κ3) is 4.32. The van der Waals surface area contributed by atoms with Crippen molar-refractivity contribution >= 4 is 45.0 Å². The van der Waals surface area contributed by atoms with E-state index >= 15 is 0 Å². The number of rotatable bonds is 7. The lowest BCUT2D eigenvalue weighted by molar-refractivity contribution is -0.113. The van der Waals surface area contributed by atoms with E-state index in [1.165, 1.54) is 23.1 Å². The van der Waals surface area contributed by atoms with Crippen molar-refractivity contribution in [3.05, 3.63) is 28.8 Å². The van der Waals surface area contributed by atoms with Gasteiger partial charge in [-0.15, -0.1) is 10.2 Å². The molecule has 0 atom stereocenters. The second kappa shape index (κ2) is 8.86. The van der Waals surface area contributed by atoms with Crippen LogP contribution in [-0.4, -0.2) is 41.1 Å². The first-order chi connectivity index (χ1) is 13.6. The fourth-order valence-electron chi connectivity index (χ4n) is 2.41. The van der Waals surface area contributed by atoms with E-state index in [2.05, 4.69) is 26.6 Å². The number of carbonyl (C=O) groups excluding carboxylic acids is 1. The number of nitriles is 1. The molecular formula is C18H17N5O3S2. The topological polar surface area (TPSA) is 110 Å². The molecule has 0 aliphatic heterocycles. The number of ether oxygens (including phenoxy) is 2. The number of amides is 1. The summed E-state index contributed by atoms with van der Waals surface area (Å²) >= 11 is 2.53. The lowest BCUT2D eigenvalue weighted by Gasteiger charge is -2.10. The minimum atomic E-state index is -0.234. The van der Waals surface area contributed by atoms with E-state index in [4.69, 9.17) is 9.47 Å². The van der Waals surface area contributed by atoms with Gasteiger partial charge in [0, 0.05) is 11.5 Å². The number of nitrogens with zero attached hydrogens (tertiary/aromatic N) is 4. The summed E-state index contributed by atoms with van der Waals surface area (Å²) in [5.74, 6) is 0.969. The lowest BCUT2D eigenvalue weighted by atomic mass is 10.1. The van der Waals surface area contributed by atoms with Crippen LogP contribution in [0.15, 0.2) is 23.2 Å². The smallest absolute Gasteiger partial charge is 0.236 e. The predicted molar refractivity (Wildman–Crippen MR) is 108 cm³/mol. The maximum atomic E-state index is 12.2. The molecule has 144 valence electrons. The Hall–Kier alpha value is -2.90. The number of fused-ring (bicyclic) bond motifs is 1. The first kappa shape index (κ1) is 19.9. The number of benzene rings is 1. The van der Waals surface area contributed by atoms with Gasteiger partial charge in [0.25, 0.3) is 0 Å². The maximum Gasteiger partial charge on any atom is 0.236 e. The van der Waals surface area contributed by atoms with Crippen LogP contribution in [0.3, 0.4) is 0 Å². The van der Waals surface area contributed by atoms with Crippen molar-refractivity contribution in [2.24, 2.45) is 0 Å². The highest BCUT2D eigenvalue weighted by atomic mass is 32.2. The Morgan fingerprint density at radius 1 is 1.25 bits per heavy atom. The molecule has 0 saturated carbocycles. The number of thioether (sulfide) groups is 1. The van der Waals surface area contributed by atoms with Gasteiger partial charge in [-0.05, 0) is 18.6 Å². The van der Waals surface area contributed by atoms with Crippen molar-refractivity contribution in [2.45, 2.75) is 18.4 Å². The highest BCUT2D eigenvalue weighted by molar-refractivity contribution is 8.00. The van der Waals surface area contributed by atoms with Gasteiger partial charge in [0.05, 0.1) is 31.1 Å². The predicted octanol–water partition coefficient (Wildman–Crippen LogP) is 3.27. The Bertz CT molecular complexity index is 1060. The van der Waals surface area contributed by atoms with Gasteiger partial charge in [-0.1, -0.05) is 30.0 Å². The molecule has 1 amide bonds. The van der Waals surface area contributed by atoms with Crippen molar-refractivity contribution in [3.8, 4) is 17.6 Å². The van der Waals surface area contributed by atoms with E-state index in [0.717, 1.165) is 16.8 Å². The molecule has 2 aromatic heterocycles. The summed E-state index contributed by atoms with van der Waals surface area (Å²) in [6.45, 7) is 1.97. The molecule has 10 heteroatoms. The molecule has 2 heterocycles. The summed E-state index contributed by atoms with van der Waals surface area (Å²) in [5, 5.41) is 22.6. The zero-order valence-electron chi connectivity index (χ0n) is 15.5. The molecular weight excluding hydrogens is 398 g/mol. The van der Waals surface area contributed by atoms with Crippen LogP contribution < -0.4 is 14.8 Å². The number of nitrogens with one attached hydrogen (secondary N) is 1. The van der Waals surface area contributed by atoms with Crippen LogP contribution >= 0.6 is 23.1 Å². The maximum absolute atomic E-state index is 12.2. The molecule has 0 unspecified atom stereocenters. The molecule has 0 spiro atoms. The third-order valence-electron chi connectivity index (χ3n) is 3.76. The fourth-order valence-corrected chi connectivity index (χ4v) is 3.87. The molecule has 1 aromatic carbocycles. The molecule has 3 aromatic rings. The Labute approximate surface area is 169 Å². The second-order valence-electron chi connectivity index (χ2n) is 5.54. The van der Waals surface area contributed by atoms with Gasteiger partial charge in [-0.2, -0.15) is 5.26 Å². The number of methoxy groups -OCH3 is 2. The SMILES string of the molecule is CCc1nnc(NC(=O)CSc2nc3cc(OC)c(OC)cc3cc2C#N)s1. The van der Waals surface area contributed by atoms with Crippen molar-refractivity contribution in [1.29, 1.82) is 5.26 Å².